The van der Waals surface area contributed by atoms with E-state index in [4.69, 9.17) is 16.3 Å². The van der Waals surface area contributed by atoms with E-state index in [-0.39, 0.29) is 10.6 Å². The predicted octanol–water partition coefficient (Wildman–Crippen LogP) is 5.15. The molecule has 0 unspecified atom stereocenters. The molecule has 0 aliphatic carbocycles. The molecule has 0 fully saturated rings. The van der Waals surface area contributed by atoms with Gasteiger partial charge >= 0.3 is 0 Å². The molecule has 0 spiro atoms. The minimum atomic E-state index is -3.62. The van der Waals surface area contributed by atoms with Gasteiger partial charge in [-0.3, -0.25) is 4.98 Å². The fraction of sp³-hybridized carbons (Fsp3) is 0.105. The summed E-state index contributed by atoms with van der Waals surface area (Å²) in [6, 6.07) is 14.0. The van der Waals surface area contributed by atoms with Crippen LogP contribution >= 0.6 is 27.5 Å². The van der Waals surface area contributed by atoms with Gasteiger partial charge in [0.05, 0.1) is 12.9 Å². The Morgan fingerprint density at radius 1 is 1.12 bits per heavy atom. The van der Waals surface area contributed by atoms with Gasteiger partial charge in [0.15, 0.2) is 9.84 Å². The highest BCUT2D eigenvalue weighted by molar-refractivity contribution is 9.10. The van der Waals surface area contributed by atoms with Gasteiger partial charge in [-0.2, -0.15) is 0 Å². The number of sulfone groups is 1. The molecule has 0 saturated carbocycles. The van der Waals surface area contributed by atoms with Crippen LogP contribution in [0.1, 0.15) is 5.56 Å². The molecule has 0 radical (unpaired) electrons. The molecular weight excluding hydrogens is 438 g/mol. The quantitative estimate of drug-likeness (QED) is 0.537. The van der Waals surface area contributed by atoms with Gasteiger partial charge in [-0.15, -0.1) is 0 Å². The Balaban J connectivity index is 1.98. The molecule has 0 aliphatic heterocycles. The maximum atomic E-state index is 12.9. The van der Waals surface area contributed by atoms with Crippen molar-refractivity contribution in [3.63, 3.8) is 0 Å². The number of methoxy groups -OCH3 is 1. The number of benzene rings is 2. The van der Waals surface area contributed by atoms with E-state index in [1.54, 1.807) is 42.7 Å². The van der Waals surface area contributed by atoms with Crippen molar-refractivity contribution < 1.29 is 13.2 Å². The molecule has 0 amide bonds. The summed E-state index contributed by atoms with van der Waals surface area (Å²) in [6.07, 6.45) is 3.21. The Morgan fingerprint density at radius 2 is 1.88 bits per heavy atom. The van der Waals surface area contributed by atoms with Gasteiger partial charge in [-0.05, 0) is 35.9 Å². The lowest BCUT2D eigenvalue weighted by Crippen LogP contribution is -2.07. The summed E-state index contributed by atoms with van der Waals surface area (Å²) in [5.41, 5.74) is 2.15. The van der Waals surface area contributed by atoms with Crippen LogP contribution in [0.25, 0.3) is 11.1 Å². The summed E-state index contributed by atoms with van der Waals surface area (Å²) in [5, 5.41) is 0.586. The normalized spacial score (nSPS) is 11.3. The lowest BCUT2D eigenvalue weighted by atomic mass is 10.1. The molecule has 4 nitrogen and oxygen atoms in total. The van der Waals surface area contributed by atoms with Crippen LogP contribution in [0.4, 0.5) is 0 Å². The third-order valence-electron chi connectivity index (χ3n) is 3.80. The lowest BCUT2D eigenvalue weighted by Gasteiger charge is -2.11. The second-order valence-corrected chi connectivity index (χ2v) is 8.90. The van der Waals surface area contributed by atoms with Gasteiger partial charge in [-0.1, -0.05) is 45.7 Å². The number of pyridine rings is 1. The molecule has 0 aliphatic rings. The molecule has 0 saturated heterocycles. The van der Waals surface area contributed by atoms with Gasteiger partial charge in [0.2, 0.25) is 0 Å². The number of hydrogen-bond donors (Lipinski definition) is 0. The maximum absolute atomic E-state index is 12.9. The first kappa shape index (κ1) is 18.9. The zero-order valence-electron chi connectivity index (χ0n) is 13.8. The first-order valence-corrected chi connectivity index (χ1v) is 10.5. The van der Waals surface area contributed by atoms with E-state index in [0.717, 1.165) is 11.1 Å². The van der Waals surface area contributed by atoms with Crippen LogP contribution in [0.5, 0.6) is 5.75 Å². The predicted molar refractivity (Wildman–Crippen MR) is 106 cm³/mol. The van der Waals surface area contributed by atoms with E-state index in [2.05, 4.69) is 20.9 Å². The third-order valence-corrected chi connectivity index (χ3v) is 6.32. The van der Waals surface area contributed by atoms with Crippen LogP contribution in [0.2, 0.25) is 5.02 Å². The zero-order chi connectivity index (χ0) is 18.7. The fourth-order valence-corrected chi connectivity index (χ4v) is 4.87. The van der Waals surface area contributed by atoms with E-state index < -0.39 is 9.84 Å². The molecule has 3 rings (SSSR count). The molecule has 2 aromatic carbocycles. The monoisotopic (exact) mass is 451 g/mol. The van der Waals surface area contributed by atoms with Crippen LogP contribution in [0, 0.1) is 0 Å². The Morgan fingerprint density at radius 3 is 2.62 bits per heavy atom. The molecule has 0 bridgehead atoms. The highest BCUT2D eigenvalue weighted by Crippen LogP contribution is 2.31. The van der Waals surface area contributed by atoms with Crippen LogP contribution in [-0.2, 0) is 15.6 Å². The van der Waals surface area contributed by atoms with E-state index in [1.165, 1.54) is 7.11 Å². The largest absolute Gasteiger partial charge is 0.495 e. The third kappa shape index (κ3) is 4.09. The number of aromatic nitrogens is 1. The Bertz CT molecular complexity index is 1050. The number of halogens is 2. The van der Waals surface area contributed by atoms with Crippen molar-refractivity contribution in [2.45, 2.75) is 10.6 Å². The molecular formula is C19H15BrClNO3S. The minimum absolute atomic E-state index is 0.137. The molecule has 0 atom stereocenters. The van der Waals surface area contributed by atoms with Crippen molar-refractivity contribution in [2.75, 3.05) is 7.11 Å². The van der Waals surface area contributed by atoms with E-state index in [1.807, 2.05) is 18.2 Å². The van der Waals surface area contributed by atoms with Crippen LogP contribution in [-0.4, -0.2) is 20.5 Å². The number of rotatable bonds is 5. The molecule has 7 heteroatoms. The van der Waals surface area contributed by atoms with Crippen LogP contribution < -0.4 is 4.74 Å². The van der Waals surface area contributed by atoms with Gasteiger partial charge in [0, 0.05) is 33.0 Å². The van der Waals surface area contributed by atoms with Crippen molar-refractivity contribution in [3.8, 4) is 16.9 Å². The summed E-state index contributed by atoms with van der Waals surface area (Å²) >= 11 is 9.54. The fourth-order valence-electron chi connectivity index (χ4n) is 2.60. The smallest absolute Gasteiger partial charge is 0.186 e. The first-order chi connectivity index (χ1) is 12.4. The van der Waals surface area contributed by atoms with Crippen LogP contribution in [0.3, 0.4) is 0 Å². The van der Waals surface area contributed by atoms with Crippen LogP contribution in [0.15, 0.2) is 70.3 Å². The summed E-state index contributed by atoms with van der Waals surface area (Å²) in [6.45, 7) is 0. The van der Waals surface area contributed by atoms with Gasteiger partial charge in [0.1, 0.15) is 10.6 Å². The van der Waals surface area contributed by atoms with E-state index in [9.17, 15) is 8.42 Å². The summed E-state index contributed by atoms with van der Waals surface area (Å²) in [4.78, 5) is 4.31. The number of nitrogens with zero attached hydrogens (tertiary/aromatic N) is 1. The van der Waals surface area contributed by atoms with E-state index in [0.29, 0.717) is 20.8 Å². The first-order valence-electron chi connectivity index (χ1n) is 7.66. The second-order valence-electron chi connectivity index (χ2n) is 5.62. The van der Waals surface area contributed by atoms with Crippen molar-refractivity contribution in [1.82, 2.24) is 4.98 Å². The molecule has 26 heavy (non-hydrogen) atoms. The average Bonchev–Trinajstić information content (AvgIpc) is 2.62. The Hall–Kier alpha value is -1.89. The highest BCUT2D eigenvalue weighted by atomic mass is 79.9. The van der Waals surface area contributed by atoms with Crippen molar-refractivity contribution in [3.05, 3.63) is 76.0 Å². The second kappa shape index (κ2) is 7.78. The Labute approximate surface area is 165 Å². The molecule has 134 valence electrons. The topological polar surface area (TPSA) is 56.3 Å². The summed E-state index contributed by atoms with van der Waals surface area (Å²) < 4.78 is 31.7. The van der Waals surface area contributed by atoms with Gasteiger partial charge < -0.3 is 4.74 Å². The maximum Gasteiger partial charge on any atom is 0.186 e. The zero-order valence-corrected chi connectivity index (χ0v) is 17.0. The van der Waals surface area contributed by atoms with Crippen molar-refractivity contribution in [1.29, 1.82) is 0 Å². The lowest BCUT2D eigenvalue weighted by molar-refractivity contribution is 0.402. The standard InChI is InChI=1S/C19H15BrClNO3S/c1-25-18-7-6-15(20)9-19(18)26(23,24)12-13-8-14(11-22-10-13)16-4-2-3-5-17(16)21/h2-11H,12H2,1H3. The molecule has 1 heterocycles. The van der Waals surface area contributed by atoms with Gasteiger partial charge in [-0.25, -0.2) is 8.42 Å². The molecule has 1 aromatic heterocycles. The summed E-state index contributed by atoms with van der Waals surface area (Å²) in [7, 11) is -2.17. The number of ether oxygens (including phenoxy) is 1. The highest BCUT2D eigenvalue weighted by Gasteiger charge is 2.21. The molecule has 0 N–H and O–H groups in total. The minimum Gasteiger partial charge on any atom is -0.495 e. The van der Waals surface area contributed by atoms with E-state index >= 15 is 0 Å². The Kier molecular flexibility index (Phi) is 5.65. The summed E-state index contributed by atoms with van der Waals surface area (Å²) in [5.74, 6) is 0.119. The number of hydrogen-bond acceptors (Lipinski definition) is 4. The molecule has 3 aromatic rings. The SMILES string of the molecule is COc1ccc(Br)cc1S(=O)(=O)Cc1cncc(-c2ccccc2Cl)c1. The van der Waals surface area contributed by atoms with Crippen molar-refractivity contribution >= 4 is 37.4 Å². The average molecular weight is 453 g/mol. The van der Waals surface area contributed by atoms with Crippen molar-refractivity contribution in [2.24, 2.45) is 0 Å². The van der Waals surface area contributed by atoms with Gasteiger partial charge in [0.25, 0.3) is 0 Å².